The summed E-state index contributed by atoms with van der Waals surface area (Å²) in [5.74, 6) is -0.256. The first kappa shape index (κ1) is 15.2. The Labute approximate surface area is 124 Å². The van der Waals surface area contributed by atoms with Crippen LogP contribution in [0.4, 0.5) is 4.39 Å². The van der Waals surface area contributed by atoms with E-state index in [4.69, 9.17) is 5.73 Å². The van der Waals surface area contributed by atoms with Crippen LogP contribution in [0.2, 0.25) is 0 Å². The molecule has 0 bridgehead atoms. The molecule has 0 fully saturated rings. The average molecular weight is 286 g/mol. The summed E-state index contributed by atoms with van der Waals surface area (Å²) in [4.78, 5) is 11.6. The van der Waals surface area contributed by atoms with Crippen LogP contribution in [-0.4, -0.2) is 19.5 Å². The first-order valence-corrected chi connectivity index (χ1v) is 6.93. The molecule has 1 amide bonds. The largest absolute Gasteiger partial charge is 0.355 e. The van der Waals surface area contributed by atoms with Gasteiger partial charge in [0.2, 0.25) is 0 Å². The lowest BCUT2D eigenvalue weighted by Gasteiger charge is -2.17. The summed E-state index contributed by atoms with van der Waals surface area (Å²) in [6, 6.07) is 13.9. The number of carbonyl (C=O) groups is 1. The molecule has 0 aliphatic rings. The molecule has 0 saturated heterocycles. The second-order valence-corrected chi connectivity index (χ2v) is 4.88. The van der Waals surface area contributed by atoms with E-state index in [9.17, 15) is 9.18 Å². The summed E-state index contributed by atoms with van der Waals surface area (Å²) in [6.45, 7) is 0.541. The highest BCUT2D eigenvalue weighted by molar-refractivity contribution is 5.93. The first-order chi connectivity index (χ1) is 10.2. The minimum absolute atomic E-state index is 0.106. The number of benzene rings is 2. The summed E-state index contributed by atoms with van der Waals surface area (Å²) in [5.41, 5.74) is 8.40. The zero-order chi connectivity index (χ0) is 15.2. The molecule has 4 heteroatoms. The molecule has 0 aromatic heterocycles. The van der Waals surface area contributed by atoms with E-state index in [1.54, 1.807) is 31.3 Å². The Kier molecular flexibility index (Phi) is 5.06. The van der Waals surface area contributed by atoms with Gasteiger partial charge in [0, 0.05) is 18.5 Å². The Hall–Kier alpha value is -2.20. The maximum Gasteiger partial charge on any atom is 0.251 e. The molecule has 0 aliphatic carbocycles. The molecule has 21 heavy (non-hydrogen) atoms. The zero-order valence-corrected chi connectivity index (χ0v) is 12.0. The minimum Gasteiger partial charge on any atom is -0.355 e. The predicted molar refractivity (Wildman–Crippen MR) is 81.7 cm³/mol. The Morgan fingerprint density at radius 1 is 1.10 bits per heavy atom. The fourth-order valence-corrected chi connectivity index (χ4v) is 2.40. The van der Waals surface area contributed by atoms with Crippen LogP contribution in [0, 0.1) is 5.82 Å². The molecular formula is C17H19FN2O. The highest BCUT2D eigenvalue weighted by atomic mass is 19.1. The molecule has 0 unspecified atom stereocenters. The fourth-order valence-electron chi connectivity index (χ4n) is 2.40. The van der Waals surface area contributed by atoms with Gasteiger partial charge in [-0.3, -0.25) is 4.79 Å². The fraction of sp³-hybridized carbons (Fsp3) is 0.235. The molecule has 0 saturated carbocycles. The third kappa shape index (κ3) is 3.67. The maximum atomic E-state index is 13.1. The number of carbonyl (C=O) groups excluding carboxylic acids is 1. The summed E-state index contributed by atoms with van der Waals surface area (Å²) in [7, 11) is 1.60. The topological polar surface area (TPSA) is 55.1 Å². The van der Waals surface area contributed by atoms with Crippen LogP contribution in [-0.2, 0) is 0 Å². The van der Waals surface area contributed by atoms with Crippen LogP contribution in [0.3, 0.4) is 0 Å². The highest BCUT2D eigenvalue weighted by Crippen LogP contribution is 2.28. The van der Waals surface area contributed by atoms with Gasteiger partial charge in [-0.05, 0) is 48.4 Å². The van der Waals surface area contributed by atoms with Crippen molar-refractivity contribution in [3.63, 3.8) is 0 Å². The minimum atomic E-state index is -0.250. The van der Waals surface area contributed by atoms with Crippen LogP contribution < -0.4 is 11.1 Å². The third-order valence-corrected chi connectivity index (χ3v) is 3.53. The van der Waals surface area contributed by atoms with Crippen molar-refractivity contribution in [2.75, 3.05) is 13.6 Å². The van der Waals surface area contributed by atoms with Crippen molar-refractivity contribution in [3.8, 4) is 0 Å². The summed E-state index contributed by atoms with van der Waals surface area (Å²) in [6.07, 6.45) is 0.769. The van der Waals surface area contributed by atoms with Gasteiger partial charge in [-0.25, -0.2) is 4.39 Å². The maximum absolute atomic E-state index is 13.1. The Balaban J connectivity index is 2.29. The lowest BCUT2D eigenvalue weighted by atomic mass is 9.88. The van der Waals surface area contributed by atoms with Crippen LogP contribution in [0.1, 0.15) is 33.8 Å². The lowest BCUT2D eigenvalue weighted by molar-refractivity contribution is 0.0963. The van der Waals surface area contributed by atoms with Crippen molar-refractivity contribution in [1.82, 2.24) is 5.32 Å². The quantitative estimate of drug-likeness (QED) is 0.888. The van der Waals surface area contributed by atoms with Gasteiger partial charge in [0.15, 0.2) is 0 Å². The van der Waals surface area contributed by atoms with Gasteiger partial charge in [-0.1, -0.05) is 24.3 Å². The van der Waals surface area contributed by atoms with Crippen LogP contribution >= 0.6 is 0 Å². The summed E-state index contributed by atoms with van der Waals surface area (Å²) in [5, 5.41) is 2.59. The van der Waals surface area contributed by atoms with E-state index >= 15 is 0 Å². The van der Waals surface area contributed by atoms with Crippen LogP contribution in [0.15, 0.2) is 48.5 Å². The van der Waals surface area contributed by atoms with E-state index in [1.165, 1.54) is 12.1 Å². The molecule has 0 heterocycles. The second-order valence-electron chi connectivity index (χ2n) is 4.88. The summed E-state index contributed by atoms with van der Waals surface area (Å²) >= 11 is 0. The molecule has 3 N–H and O–H groups in total. The number of halogens is 1. The molecule has 110 valence electrons. The second kappa shape index (κ2) is 6.99. The van der Waals surface area contributed by atoms with Gasteiger partial charge >= 0.3 is 0 Å². The number of nitrogens with one attached hydrogen (secondary N) is 1. The number of hydrogen-bond acceptors (Lipinski definition) is 2. The van der Waals surface area contributed by atoms with Crippen LogP contribution in [0.5, 0.6) is 0 Å². The molecule has 2 aromatic carbocycles. The Morgan fingerprint density at radius 2 is 1.62 bits per heavy atom. The van der Waals surface area contributed by atoms with Crippen LogP contribution in [0.25, 0.3) is 0 Å². The van der Waals surface area contributed by atoms with E-state index in [0.29, 0.717) is 12.1 Å². The van der Waals surface area contributed by atoms with E-state index in [1.807, 2.05) is 12.1 Å². The van der Waals surface area contributed by atoms with E-state index in [2.05, 4.69) is 5.32 Å². The molecule has 2 rings (SSSR count). The van der Waals surface area contributed by atoms with Gasteiger partial charge in [-0.2, -0.15) is 0 Å². The molecular weight excluding hydrogens is 267 g/mol. The molecule has 0 radical (unpaired) electrons. The van der Waals surface area contributed by atoms with E-state index < -0.39 is 0 Å². The Bertz CT molecular complexity index is 593. The first-order valence-electron chi connectivity index (χ1n) is 6.93. The molecule has 3 nitrogen and oxygen atoms in total. The smallest absolute Gasteiger partial charge is 0.251 e. The monoisotopic (exact) mass is 286 g/mol. The van der Waals surface area contributed by atoms with E-state index in [0.717, 1.165) is 17.5 Å². The lowest BCUT2D eigenvalue weighted by Crippen LogP contribution is -2.17. The van der Waals surface area contributed by atoms with E-state index in [-0.39, 0.29) is 17.6 Å². The zero-order valence-electron chi connectivity index (χ0n) is 12.0. The van der Waals surface area contributed by atoms with Gasteiger partial charge in [-0.15, -0.1) is 0 Å². The number of nitrogens with two attached hydrogens (primary N) is 1. The normalized spacial score (nSPS) is 12.0. The number of amides is 1. The Morgan fingerprint density at radius 3 is 2.10 bits per heavy atom. The standard InChI is InChI=1S/C17H19FN2O/c1-20-17(21)14-4-2-12(3-5-14)16(10-11-19)13-6-8-15(18)9-7-13/h2-9,16H,10-11,19H2,1H3,(H,20,21)/t16-/m1/s1. The van der Waals surface area contributed by atoms with Crippen molar-refractivity contribution >= 4 is 5.91 Å². The molecule has 2 aromatic rings. The third-order valence-electron chi connectivity index (χ3n) is 3.53. The van der Waals surface area contributed by atoms with Gasteiger partial charge in [0.05, 0.1) is 0 Å². The van der Waals surface area contributed by atoms with Crippen molar-refractivity contribution in [2.24, 2.45) is 5.73 Å². The highest BCUT2D eigenvalue weighted by Gasteiger charge is 2.14. The van der Waals surface area contributed by atoms with Crippen molar-refractivity contribution in [2.45, 2.75) is 12.3 Å². The van der Waals surface area contributed by atoms with Gasteiger partial charge in [0.25, 0.3) is 5.91 Å². The molecule has 0 spiro atoms. The SMILES string of the molecule is CNC(=O)c1ccc([C@@H](CCN)c2ccc(F)cc2)cc1. The molecule has 0 aliphatic heterocycles. The number of hydrogen-bond donors (Lipinski definition) is 2. The predicted octanol–water partition coefficient (Wildman–Crippen LogP) is 2.67. The van der Waals surface area contributed by atoms with Crippen molar-refractivity contribution in [1.29, 1.82) is 0 Å². The van der Waals surface area contributed by atoms with Crippen molar-refractivity contribution in [3.05, 3.63) is 71.0 Å². The molecule has 1 atom stereocenters. The summed E-state index contributed by atoms with van der Waals surface area (Å²) < 4.78 is 13.1. The van der Waals surface area contributed by atoms with Gasteiger partial charge in [0.1, 0.15) is 5.82 Å². The van der Waals surface area contributed by atoms with Crippen molar-refractivity contribution < 1.29 is 9.18 Å². The number of rotatable bonds is 5. The van der Waals surface area contributed by atoms with Gasteiger partial charge < -0.3 is 11.1 Å². The average Bonchev–Trinajstić information content (AvgIpc) is 2.53.